The maximum Gasteiger partial charge on any atom is 0.269 e. The van der Waals surface area contributed by atoms with E-state index in [2.05, 4.69) is 0 Å². The number of benzene rings is 1. The molecule has 1 atom stereocenters. The topological polar surface area (TPSA) is 63.5 Å². The summed E-state index contributed by atoms with van der Waals surface area (Å²) < 4.78 is 0. The molecule has 0 bridgehead atoms. The molecular formula is C12H12Cl2N2O3. The molecule has 0 spiro atoms. The summed E-state index contributed by atoms with van der Waals surface area (Å²) in [4.78, 5) is 23.5. The van der Waals surface area contributed by atoms with Crippen LogP contribution in [0.1, 0.15) is 18.9 Å². The van der Waals surface area contributed by atoms with Crippen molar-refractivity contribution in [3.63, 3.8) is 0 Å². The number of carbonyl (C=O) groups is 1. The molecule has 1 aliphatic rings. The molecule has 0 aliphatic carbocycles. The Bertz CT molecular complexity index is 562. The van der Waals surface area contributed by atoms with E-state index in [1.807, 2.05) is 0 Å². The van der Waals surface area contributed by atoms with Crippen molar-refractivity contribution in [3.05, 3.63) is 33.9 Å². The molecule has 5 nitrogen and oxygen atoms in total. The molecule has 19 heavy (non-hydrogen) atoms. The predicted molar refractivity (Wildman–Crippen MR) is 74.0 cm³/mol. The Kier molecular flexibility index (Phi) is 3.45. The first-order chi connectivity index (χ1) is 8.77. The molecular weight excluding hydrogens is 291 g/mol. The van der Waals surface area contributed by atoms with Gasteiger partial charge in [-0.2, -0.15) is 0 Å². The number of nitro benzene ring substituents is 1. The van der Waals surface area contributed by atoms with Crippen LogP contribution in [0.15, 0.2) is 18.2 Å². The number of alkyl halides is 2. The normalized spacial score (nSPS) is 21.9. The average molecular weight is 303 g/mol. The highest BCUT2D eigenvalue weighted by molar-refractivity contribution is 6.44. The van der Waals surface area contributed by atoms with Crippen LogP contribution in [0, 0.1) is 10.1 Å². The predicted octanol–water partition coefficient (Wildman–Crippen LogP) is 3.02. The number of amides is 1. The van der Waals surface area contributed by atoms with Crippen LogP contribution in [0.25, 0.3) is 0 Å². The van der Waals surface area contributed by atoms with Gasteiger partial charge in [0.25, 0.3) is 5.69 Å². The van der Waals surface area contributed by atoms with Gasteiger partial charge in [0.1, 0.15) is 4.84 Å². The minimum atomic E-state index is -0.926. The van der Waals surface area contributed by atoms with Gasteiger partial charge in [0, 0.05) is 24.9 Å². The minimum absolute atomic E-state index is 0.0474. The van der Waals surface area contributed by atoms with Crippen molar-refractivity contribution in [3.8, 4) is 0 Å². The fourth-order valence-corrected chi connectivity index (χ4v) is 3.09. The molecule has 1 amide bonds. The fourth-order valence-electron chi connectivity index (χ4n) is 2.47. The van der Waals surface area contributed by atoms with Gasteiger partial charge in [-0.25, -0.2) is 0 Å². The Morgan fingerprint density at radius 3 is 2.63 bits per heavy atom. The quantitative estimate of drug-likeness (QED) is 0.490. The first kappa shape index (κ1) is 14.1. The first-order valence-electron chi connectivity index (χ1n) is 5.62. The molecule has 1 unspecified atom stereocenters. The Balaban J connectivity index is 2.59. The van der Waals surface area contributed by atoms with Crippen molar-refractivity contribution in [2.24, 2.45) is 0 Å². The van der Waals surface area contributed by atoms with Crippen LogP contribution in [0.3, 0.4) is 0 Å². The minimum Gasteiger partial charge on any atom is -0.314 e. The maximum absolute atomic E-state index is 12.3. The third-order valence-electron chi connectivity index (χ3n) is 3.49. The van der Waals surface area contributed by atoms with Crippen LogP contribution in [0.4, 0.5) is 11.4 Å². The van der Waals surface area contributed by atoms with Gasteiger partial charge in [-0.1, -0.05) is 0 Å². The number of nitro groups is 1. The summed E-state index contributed by atoms with van der Waals surface area (Å²) in [5, 5.41) is 10.9. The molecule has 1 aliphatic heterocycles. The summed E-state index contributed by atoms with van der Waals surface area (Å²) in [7, 11) is 1.63. The van der Waals surface area contributed by atoms with E-state index in [-0.39, 0.29) is 18.0 Å². The Labute approximate surface area is 120 Å². The van der Waals surface area contributed by atoms with Crippen molar-refractivity contribution in [1.82, 2.24) is 0 Å². The van der Waals surface area contributed by atoms with E-state index in [1.165, 1.54) is 17.0 Å². The van der Waals surface area contributed by atoms with Gasteiger partial charge in [-0.05, 0) is 25.0 Å². The van der Waals surface area contributed by atoms with E-state index >= 15 is 0 Å². The molecule has 7 heteroatoms. The molecule has 102 valence electrons. The standard InChI is InChI=1S/C12H12Cl2N2O3/c1-12(6-10(13)14)8-5-7(16(18)19)3-4-9(8)15(2)11(12)17/h3-5,10H,6H2,1-2H3. The number of anilines is 1. The smallest absolute Gasteiger partial charge is 0.269 e. The highest BCUT2D eigenvalue weighted by Gasteiger charge is 2.47. The number of carbonyl (C=O) groups excluding carboxylic acids is 1. The molecule has 1 heterocycles. The fraction of sp³-hybridized carbons (Fsp3) is 0.417. The molecule has 0 aromatic heterocycles. The number of likely N-dealkylation sites (N-methyl/N-ethyl adjacent to an activating group) is 1. The van der Waals surface area contributed by atoms with Gasteiger partial charge in [0.05, 0.1) is 10.3 Å². The second-order valence-electron chi connectivity index (χ2n) is 4.75. The summed E-state index contributed by atoms with van der Waals surface area (Å²) >= 11 is 11.6. The zero-order chi connectivity index (χ0) is 14.4. The van der Waals surface area contributed by atoms with Gasteiger partial charge in [-0.3, -0.25) is 14.9 Å². The van der Waals surface area contributed by atoms with Crippen molar-refractivity contribution < 1.29 is 9.72 Å². The Hall–Kier alpha value is -1.33. The van der Waals surface area contributed by atoms with Crippen LogP contribution in [-0.4, -0.2) is 22.7 Å². The van der Waals surface area contributed by atoms with Crippen molar-refractivity contribution in [2.75, 3.05) is 11.9 Å². The number of halogens is 2. The highest BCUT2D eigenvalue weighted by Crippen LogP contribution is 2.46. The first-order valence-corrected chi connectivity index (χ1v) is 6.50. The number of non-ortho nitro benzene ring substituents is 1. The van der Waals surface area contributed by atoms with Crippen molar-refractivity contribution in [1.29, 1.82) is 0 Å². The van der Waals surface area contributed by atoms with Gasteiger partial charge >= 0.3 is 0 Å². The second kappa shape index (κ2) is 4.65. The van der Waals surface area contributed by atoms with Crippen molar-refractivity contribution in [2.45, 2.75) is 23.6 Å². The lowest BCUT2D eigenvalue weighted by molar-refractivity contribution is -0.384. The summed E-state index contributed by atoms with van der Waals surface area (Å²) in [6, 6.07) is 4.38. The summed E-state index contributed by atoms with van der Waals surface area (Å²) in [5.41, 5.74) is 0.283. The van der Waals surface area contributed by atoms with E-state index in [0.29, 0.717) is 11.3 Å². The Morgan fingerprint density at radius 2 is 2.11 bits per heavy atom. The summed E-state index contributed by atoms with van der Waals surface area (Å²) in [5.74, 6) is -0.158. The van der Waals surface area contributed by atoms with Gasteiger partial charge in [0.2, 0.25) is 5.91 Å². The van der Waals surface area contributed by atoms with Crippen LogP contribution >= 0.6 is 23.2 Å². The average Bonchev–Trinajstić information content (AvgIpc) is 2.51. The van der Waals surface area contributed by atoms with Crippen molar-refractivity contribution >= 4 is 40.5 Å². The van der Waals surface area contributed by atoms with E-state index in [1.54, 1.807) is 20.0 Å². The lowest BCUT2D eigenvalue weighted by Crippen LogP contribution is -2.37. The molecule has 0 N–H and O–H groups in total. The molecule has 0 saturated carbocycles. The van der Waals surface area contributed by atoms with E-state index < -0.39 is 15.2 Å². The Morgan fingerprint density at radius 1 is 1.47 bits per heavy atom. The maximum atomic E-state index is 12.3. The number of rotatable bonds is 3. The van der Waals surface area contributed by atoms with Gasteiger partial charge in [-0.15, -0.1) is 23.2 Å². The monoisotopic (exact) mass is 302 g/mol. The third kappa shape index (κ3) is 2.17. The van der Waals surface area contributed by atoms with Gasteiger partial charge < -0.3 is 4.90 Å². The highest BCUT2D eigenvalue weighted by atomic mass is 35.5. The summed E-state index contributed by atoms with van der Waals surface area (Å²) in [6.45, 7) is 1.71. The summed E-state index contributed by atoms with van der Waals surface area (Å²) in [6.07, 6.45) is 0.216. The molecule has 2 rings (SSSR count). The van der Waals surface area contributed by atoms with Gasteiger partial charge in [0.15, 0.2) is 0 Å². The largest absolute Gasteiger partial charge is 0.314 e. The lowest BCUT2D eigenvalue weighted by Gasteiger charge is -2.23. The molecule has 0 fully saturated rings. The van der Waals surface area contributed by atoms with Crippen LogP contribution in [-0.2, 0) is 10.2 Å². The van der Waals surface area contributed by atoms with Crippen LogP contribution in [0.5, 0.6) is 0 Å². The number of nitrogens with zero attached hydrogens (tertiary/aromatic N) is 2. The molecule has 0 saturated heterocycles. The molecule has 1 aromatic rings. The number of hydrogen-bond donors (Lipinski definition) is 0. The number of fused-ring (bicyclic) bond motifs is 1. The molecule has 1 aromatic carbocycles. The zero-order valence-electron chi connectivity index (χ0n) is 10.4. The molecule has 0 radical (unpaired) electrons. The SMILES string of the molecule is CN1C(=O)C(C)(CC(Cl)Cl)c2cc([N+](=O)[O-])ccc21. The van der Waals surface area contributed by atoms with E-state index in [4.69, 9.17) is 23.2 Å². The van der Waals surface area contributed by atoms with E-state index in [0.717, 1.165) is 0 Å². The lowest BCUT2D eigenvalue weighted by atomic mass is 9.81. The van der Waals surface area contributed by atoms with E-state index in [9.17, 15) is 14.9 Å². The number of hydrogen-bond acceptors (Lipinski definition) is 3. The van der Waals surface area contributed by atoms with Crippen LogP contribution < -0.4 is 4.90 Å². The van der Waals surface area contributed by atoms with Crippen LogP contribution in [0.2, 0.25) is 0 Å². The zero-order valence-corrected chi connectivity index (χ0v) is 11.9. The third-order valence-corrected chi connectivity index (χ3v) is 3.79. The second-order valence-corrected chi connectivity index (χ2v) is 6.03.